The lowest BCUT2D eigenvalue weighted by Crippen LogP contribution is -2.16. The molecule has 112 valence electrons. The molecule has 0 aliphatic heterocycles. The fourth-order valence-corrected chi connectivity index (χ4v) is 2.24. The van der Waals surface area contributed by atoms with E-state index in [0.29, 0.717) is 15.2 Å². The van der Waals surface area contributed by atoms with Crippen LogP contribution in [-0.2, 0) is 4.79 Å². The smallest absolute Gasteiger partial charge is 0.250 e. The van der Waals surface area contributed by atoms with E-state index in [4.69, 9.17) is 17.3 Å². The minimum atomic E-state index is -0.613. The molecule has 0 atom stereocenters. The molecule has 0 spiro atoms. The fourth-order valence-electron chi connectivity index (χ4n) is 1.75. The first kappa shape index (κ1) is 16.3. The van der Waals surface area contributed by atoms with Crippen LogP contribution in [0.4, 0.5) is 5.69 Å². The molecule has 0 saturated heterocycles. The van der Waals surface area contributed by atoms with Gasteiger partial charge < -0.3 is 11.1 Å². The van der Waals surface area contributed by atoms with Crippen LogP contribution in [0.25, 0.3) is 6.08 Å². The molecule has 2 aromatic rings. The lowest BCUT2D eigenvalue weighted by Gasteiger charge is -2.07. The van der Waals surface area contributed by atoms with Crippen LogP contribution in [0, 0.1) is 0 Å². The van der Waals surface area contributed by atoms with Gasteiger partial charge in [0.2, 0.25) is 5.91 Å². The normalized spacial score (nSPS) is 10.6. The van der Waals surface area contributed by atoms with Crippen molar-refractivity contribution < 1.29 is 9.59 Å². The second-order valence-electron chi connectivity index (χ2n) is 4.43. The zero-order chi connectivity index (χ0) is 16.1. The molecule has 0 aliphatic carbocycles. The summed E-state index contributed by atoms with van der Waals surface area (Å²) in [5.74, 6) is -0.974. The first-order valence-corrected chi connectivity index (χ1v) is 7.47. The number of hydrogen-bond acceptors (Lipinski definition) is 2. The van der Waals surface area contributed by atoms with Crippen LogP contribution in [0.5, 0.6) is 0 Å². The Morgan fingerprint density at radius 3 is 2.45 bits per heavy atom. The van der Waals surface area contributed by atoms with Crippen molar-refractivity contribution in [2.75, 3.05) is 5.32 Å². The van der Waals surface area contributed by atoms with Gasteiger partial charge in [0.05, 0.1) is 11.3 Å². The zero-order valence-corrected chi connectivity index (χ0v) is 13.7. The summed E-state index contributed by atoms with van der Waals surface area (Å²) in [6, 6.07) is 11.9. The van der Waals surface area contributed by atoms with Crippen molar-refractivity contribution in [1.82, 2.24) is 0 Å². The molecule has 3 N–H and O–H groups in total. The quantitative estimate of drug-likeness (QED) is 0.792. The Morgan fingerprint density at radius 2 is 1.82 bits per heavy atom. The maximum Gasteiger partial charge on any atom is 0.250 e. The van der Waals surface area contributed by atoms with Crippen LogP contribution in [-0.4, -0.2) is 11.8 Å². The molecule has 0 aliphatic rings. The molecular weight excluding hydrogens is 368 g/mol. The molecular formula is C16H12BrClN2O2. The van der Waals surface area contributed by atoms with E-state index >= 15 is 0 Å². The van der Waals surface area contributed by atoms with Crippen LogP contribution in [0.3, 0.4) is 0 Å². The van der Waals surface area contributed by atoms with Crippen molar-refractivity contribution in [2.24, 2.45) is 5.73 Å². The van der Waals surface area contributed by atoms with Crippen molar-refractivity contribution >= 4 is 51.1 Å². The third-order valence-corrected chi connectivity index (χ3v) is 3.55. The summed E-state index contributed by atoms with van der Waals surface area (Å²) in [6.45, 7) is 0. The number of nitrogens with one attached hydrogen (secondary N) is 1. The maximum absolute atomic E-state index is 11.9. The molecule has 0 heterocycles. The molecule has 0 fully saturated rings. The van der Waals surface area contributed by atoms with E-state index in [-0.39, 0.29) is 11.5 Å². The van der Waals surface area contributed by atoms with Crippen LogP contribution in [0.1, 0.15) is 15.9 Å². The molecule has 0 bridgehead atoms. The highest BCUT2D eigenvalue weighted by Gasteiger charge is 2.10. The number of anilines is 1. The van der Waals surface area contributed by atoms with E-state index in [1.54, 1.807) is 48.5 Å². The Morgan fingerprint density at radius 1 is 1.14 bits per heavy atom. The standard InChI is InChI=1S/C16H12BrClN2O2/c17-11-4-7-14(13(9-11)16(19)22)20-15(21)8-3-10-1-5-12(18)6-2-10/h1-9H,(H2,19,22)(H,20,21)/b8-3+. The molecule has 6 heteroatoms. The molecule has 2 amide bonds. The largest absolute Gasteiger partial charge is 0.366 e. The molecule has 22 heavy (non-hydrogen) atoms. The van der Waals surface area contributed by atoms with E-state index in [0.717, 1.165) is 5.56 Å². The van der Waals surface area contributed by atoms with Gasteiger partial charge in [0.1, 0.15) is 0 Å². The average Bonchev–Trinajstić information content (AvgIpc) is 2.48. The first-order chi connectivity index (χ1) is 10.5. The Labute approximate surface area is 141 Å². The summed E-state index contributed by atoms with van der Waals surface area (Å²) in [4.78, 5) is 23.3. The lowest BCUT2D eigenvalue weighted by atomic mass is 10.1. The summed E-state index contributed by atoms with van der Waals surface area (Å²) in [5, 5.41) is 3.25. The number of hydrogen-bond donors (Lipinski definition) is 2. The first-order valence-electron chi connectivity index (χ1n) is 6.29. The highest BCUT2D eigenvalue weighted by Crippen LogP contribution is 2.21. The van der Waals surface area contributed by atoms with E-state index < -0.39 is 5.91 Å². The predicted molar refractivity (Wildman–Crippen MR) is 91.8 cm³/mol. The Balaban J connectivity index is 2.12. The van der Waals surface area contributed by atoms with Gasteiger partial charge in [-0.05, 0) is 42.0 Å². The average molecular weight is 380 g/mol. The highest BCUT2D eigenvalue weighted by atomic mass is 79.9. The summed E-state index contributed by atoms with van der Waals surface area (Å²) >= 11 is 9.04. The van der Waals surface area contributed by atoms with Gasteiger partial charge in [-0.2, -0.15) is 0 Å². The molecule has 2 aromatic carbocycles. The number of halogens is 2. The maximum atomic E-state index is 11.9. The summed E-state index contributed by atoms with van der Waals surface area (Å²) in [7, 11) is 0. The van der Waals surface area contributed by atoms with Gasteiger partial charge in [-0.3, -0.25) is 9.59 Å². The Kier molecular flexibility index (Phi) is 5.35. The number of primary amides is 1. The van der Waals surface area contributed by atoms with Crippen molar-refractivity contribution in [2.45, 2.75) is 0 Å². The molecule has 0 radical (unpaired) electrons. The SMILES string of the molecule is NC(=O)c1cc(Br)ccc1NC(=O)/C=C/c1ccc(Cl)cc1. The van der Waals surface area contributed by atoms with E-state index in [2.05, 4.69) is 21.2 Å². The van der Waals surface area contributed by atoms with Crippen LogP contribution >= 0.6 is 27.5 Å². The van der Waals surface area contributed by atoms with Crippen molar-refractivity contribution in [3.05, 3.63) is 69.2 Å². The lowest BCUT2D eigenvalue weighted by molar-refractivity contribution is -0.111. The summed E-state index contributed by atoms with van der Waals surface area (Å²) in [6.07, 6.45) is 3.02. The van der Waals surface area contributed by atoms with Crippen molar-refractivity contribution in [1.29, 1.82) is 0 Å². The number of benzene rings is 2. The van der Waals surface area contributed by atoms with Crippen LogP contribution in [0.15, 0.2) is 53.0 Å². The number of carbonyl (C=O) groups is 2. The zero-order valence-electron chi connectivity index (χ0n) is 11.3. The summed E-state index contributed by atoms with van der Waals surface area (Å²) in [5.41, 5.74) is 6.74. The molecule has 2 rings (SSSR count). The second kappa shape index (κ2) is 7.24. The fraction of sp³-hybridized carbons (Fsp3) is 0. The van der Waals surface area contributed by atoms with E-state index in [1.165, 1.54) is 6.08 Å². The van der Waals surface area contributed by atoms with Gasteiger partial charge >= 0.3 is 0 Å². The Bertz CT molecular complexity index is 742. The van der Waals surface area contributed by atoms with Crippen molar-refractivity contribution in [3.63, 3.8) is 0 Å². The third-order valence-electron chi connectivity index (χ3n) is 2.80. The van der Waals surface area contributed by atoms with Crippen LogP contribution in [0.2, 0.25) is 5.02 Å². The number of amides is 2. The van der Waals surface area contributed by atoms with Crippen LogP contribution < -0.4 is 11.1 Å². The van der Waals surface area contributed by atoms with Crippen molar-refractivity contribution in [3.8, 4) is 0 Å². The minimum Gasteiger partial charge on any atom is -0.366 e. The third kappa shape index (κ3) is 4.44. The summed E-state index contributed by atoms with van der Waals surface area (Å²) < 4.78 is 0.705. The molecule has 0 saturated carbocycles. The van der Waals surface area contributed by atoms with Gasteiger partial charge in [0.25, 0.3) is 5.91 Å². The number of carbonyl (C=O) groups excluding carboxylic acids is 2. The topological polar surface area (TPSA) is 72.2 Å². The van der Waals surface area contributed by atoms with Gasteiger partial charge in [0, 0.05) is 15.6 Å². The molecule has 0 unspecified atom stereocenters. The highest BCUT2D eigenvalue weighted by molar-refractivity contribution is 9.10. The number of rotatable bonds is 4. The molecule has 4 nitrogen and oxygen atoms in total. The second-order valence-corrected chi connectivity index (χ2v) is 5.78. The van der Waals surface area contributed by atoms with Gasteiger partial charge in [0.15, 0.2) is 0 Å². The molecule has 0 aromatic heterocycles. The van der Waals surface area contributed by atoms with E-state index in [1.807, 2.05) is 0 Å². The van der Waals surface area contributed by atoms with Gasteiger partial charge in [-0.1, -0.05) is 39.7 Å². The van der Waals surface area contributed by atoms with Gasteiger partial charge in [-0.25, -0.2) is 0 Å². The predicted octanol–water partition coefficient (Wildman–Crippen LogP) is 3.85. The minimum absolute atomic E-state index is 0.239. The number of nitrogens with two attached hydrogens (primary N) is 1. The monoisotopic (exact) mass is 378 g/mol. The Hall–Kier alpha value is -2.11. The van der Waals surface area contributed by atoms with E-state index in [9.17, 15) is 9.59 Å². The van der Waals surface area contributed by atoms with Gasteiger partial charge in [-0.15, -0.1) is 0 Å².